The van der Waals surface area contributed by atoms with Gasteiger partial charge in [-0.25, -0.2) is 0 Å². The van der Waals surface area contributed by atoms with Gasteiger partial charge >= 0.3 is 0 Å². The molecule has 2 atom stereocenters. The van der Waals surface area contributed by atoms with Gasteiger partial charge in [0.25, 0.3) is 0 Å². The van der Waals surface area contributed by atoms with Crippen LogP contribution < -0.4 is 14.2 Å². The normalized spacial score (nSPS) is 13.8. The number of aliphatic hydroxyl groups excluding tert-OH is 2. The van der Waals surface area contributed by atoms with Crippen molar-refractivity contribution in [3.63, 3.8) is 0 Å². The zero-order valence-corrected chi connectivity index (χ0v) is 11.8. The molecule has 5 nitrogen and oxygen atoms in total. The lowest BCUT2D eigenvalue weighted by atomic mass is 10.0. The molecule has 108 valence electrons. The van der Waals surface area contributed by atoms with Crippen LogP contribution in [-0.4, -0.2) is 43.8 Å². The highest BCUT2D eigenvalue weighted by Gasteiger charge is 2.17. The average molecular weight is 270 g/mol. The van der Waals surface area contributed by atoms with Gasteiger partial charge in [-0.3, -0.25) is 0 Å². The number of rotatable bonds is 7. The summed E-state index contributed by atoms with van der Waals surface area (Å²) in [5.41, 5.74) is 0.903. The van der Waals surface area contributed by atoms with Gasteiger partial charge in [0.15, 0.2) is 11.5 Å². The fourth-order valence-corrected chi connectivity index (χ4v) is 1.90. The van der Waals surface area contributed by atoms with E-state index in [1.165, 1.54) is 0 Å². The Hall–Kier alpha value is -1.46. The topological polar surface area (TPSA) is 68.2 Å². The van der Waals surface area contributed by atoms with Crippen molar-refractivity contribution in [2.45, 2.75) is 32.0 Å². The second-order valence-electron chi connectivity index (χ2n) is 4.34. The fourth-order valence-electron chi connectivity index (χ4n) is 1.90. The molecule has 2 unspecified atom stereocenters. The molecule has 0 saturated heterocycles. The molecule has 0 aliphatic rings. The van der Waals surface area contributed by atoms with E-state index in [9.17, 15) is 10.2 Å². The van der Waals surface area contributed by atoms with Gasteiger partial charge in [-0.1, -0.05) is 6.07 Å². The Labute approximate surface area is 113 Å². The molecule has 1 aromatic carbocycles. The van der Waals surface area contributed by atoms with Gasteiger partial charge in [-0.15, -0.1) is 0 Å². The van der Waals surface area contributed by atoms with Crippen LogP contribution in [0, 0.1) is 0 Å². The second-order valence-corrected chi connectivity index (χ2v) is 4.34. The molecule has 0 spiro atoms. The molecule has 0 saturated carbocycles. The van der Waals surface area contributed by atoms with Gasteiger partial charge < -0.3 is 24.4 Å². The van der Waals surface area contributed by atoms with E-state index in [4.69, 9.17) is 14.2 Å². The van der Waals surface area contributed by atoms with Crippen LogP contribution in [0.15, 0.2) is 12.1 Å². The summed E-state index contributed by atoms with van der Waals surface area (Å²) < 4.78 is 15.8. The lowest BCUT2D eigenvalue weighted by Crippen LogP contribution is -2.22. The molecule has 0 heterocycles. The number of hydrogen-bond donors (Lipinski definition) is 2. The summed E-state index contributed by atoms with van der Waals surface area (Å²) in [7, 11) is 4.68. The Morgan fingerprint density at radius 3 is 2.11 bits per heavy atom. The Morgan fingerprint density at radius 2 is 1.63 bits per heavy atom. The molecule has 2 N–H and O–H groups in total. The predicted octanol–water partition coefficient (Wildman–Crippen LogP) is 1.39. The molecule has 0 bridgehead atoms. The minimum Gasteiger partial charge on any atom is -0.493 e. The largest absolute Gasteiger partial charge is 0.493 e. The number of benzene rings is 1. The lowest BCUT2D eigenvalue weighted by molar-refractivity contribution is 0.0264. The predicted molar refractivity (Wildman–Crippen MR) is 72.1 cm³/mol. The van der Waals surface area contributed by atoms with Gasteiger partial charge in [0, 0.05) is 0 Å². The standard InChI is InChI=1S/C14H22O5/c1-9(15)11(16)7-5-10-6-8-12(17-2)14(19-4)13(10)18-3/h6,8-9,11,15-16H,5,7H2,1-4H3. The van der Waals surface area contributed by atoms with Crippen molar-refractivity contribution in [3.8, 4) is 17.2 Å². The molecule has 0 aliphatic heterocycles. The van der Waals surface area contributed by atoms with Crippen LogP contribution >= 0.6 is 0 Å². The highest BCUT2D eigenvalue weighted by Crippen LogP contribution is 2.40. The van der Waals surface area contributed by atoms with Crippen LogP contribution in [0.2, 0.25) is 0 Å². The first-order valence-corrected chi connectivity index (χ1v) is 6.19. The van der Waals surface area contributed by atoms with E-state index in [1.54, 1.807) is 34.3 Å². The van der Waals surface area contributed by atoms with E-state index in [0.717, 1.165) is 5.56 Å². The summed E-state index contributed by atoms with van der Waals surface area (Å²) in [6.45, 7) is 1.57. The van der Waals surface area contributed by atoms with Crippen LogP contribution in [0.3, 0.4) is 0 Å². The van der Waals surface area contributed by atoms with Crippen molar-refractivity contribution in [2.24, 2.45) is 0 Å². The summed E-state index contributed by atoms with van der Waals surface area (Å²) in [5.74, 6) is 1.73. The van der Waals surface area contributed by atoms with Gasteiger partial charge in [-0.05, 0) is 31.4 Å². The summed E-state index contributed by atoms with van der Waals surface area (Å²) >= 11 is 0. The Balaban J connectivity index is 2.95. The van der Waals surface area contributed by atoms with Gasteiger partial charge in [0.2, 0.25) is 5.75 Å². The van der Waals surface area contributed by atoms with Crippen LogP contribution in [0.25, 0.3) is 0 Å². The maximum absolute atomic E-state index is 9.63. The van der Waals surface area contributed by atoms with Crippen molar-refractivity contribution in [2.75, 3.05) is 21.3 Å². The molecule has 1 rings (SSSR count). The molecule has 0 aliphatic carbocycles. The van der Waals surface area contributed by atoms with E-state index >= 15 is 0 Å². The minimum atomic E-state index is -0.752. The molecule has 0 fully saturated rings. The Morgan fingerprint density at radius 1 is 1.00 bits per heavy atom. The van der Waals surface area contributed by atoms with Gasteiger partial charge in [0.05, 0.1) is 33.5 Å². The maximum atomic E-state index is 9.63. The summed E-state index contributed by atoms with van der Waals surface area (Å²) in [4.78, 5) is 0. The SMILES string of the molecule is COc1ccc(CCC(O)C(C)O)c(OC)c1OC. The third kappa shape index (κ3) is 3.75. The number of methoxy groups -OCH3 is 3. The summed E-state index contributed by atoms with van der Waals surface area (Å²) in [5, 5.41) is 18.9. The minimum absolute atomic E-state index is 0.448. The smallest absolute Gasteiger partial charge is 0.203 e. The van der Waals surface area contributed by atoms with Crippen molar-refractivity contribution in [1.29, 1.82) is 0 Å². The van der Waals surface area contributed by atoms with E-state index in [2.05, 4.69) is 0 Å². The maximum Gasteiger partial charge on any atom is 0.203 e. The van der Waals surface area contributed by atoms with E-state index in [-0.39, 0.29) is 0 Å². The quantitative estimate of drug-likeness (QED) is 0.783. The van der Waals surface area contributed by atoms with Crippen LogP contribution in [-0.2, 0) is 6.42 Å². The molecular formula is C14H22O5. The molecule has 0 radical (unpaired) electrons. The van der Waals surface area contributed by atoms with Crippen LogP contribution in [0.5, 0.6) is 17.2 Å². The second kappa shape index (κ2) is 7.21. The van der Waals surface area contributed by atoms with Crippen molar-refractivity contribution in [3.05, 3.63) is 17.7 Å². The van der Waals surface area contributed by atoms with E-state index in [1.807, 2.05) is 6.07 Å². The van der Waals surface area contributed by atoms with Crippen LogP contribution in [0.1, 0.15) is 18.9 Å². The Kier molecular flexibility index (Phi) is 5.92. The van der Waals surface area contributed by atoms with Gasteiger partial charge in [-0.2, -0.15) is 0 Å². The zero-order chi connectivity index (χ0) is 14.4. The molecule has 19 heavy (non-hydrogen) atoms. The van der Waals surface area contributed by atoms with Crippen molar-refractivity contribution in [1.82, 2.24) is 0 Å². The molecule has 0 aromatic heterocycles. The summed E-state index contributed by atoms with van der Waals surface area (Å²) in [6, 6.07) is 3.67. The van der Waals surface area contributed by atoms with E-state index < -0.39 is 12.2 Å². The van der Waals surface area contributed by atoms with Gasteiger partial charge in [0.1, 0.15) is 0 Å². The van der Waals surface area contributed by atoms with E-state index in [0.29, 0.717) is 30.1 Å². The molecule has 0 amide bonds. The lowest BCUT2D eigenvalue weighted by Gasteiger charge is -2.17. The Bertz CT molecular complexity index is 403. The summed E-state index contributed by atoms with van der Waals surface area (Å²) in [6.07, 6.45) is -0.469. The first kappa shape index (κ1) is 15.6. The molecular weight excluding hydrogens is 248 g/mol. The third-order valence-electron chi connectivity index (χ3n) is 3.05. The monoisotopic (exact) mass is 270 g/mol. The first-order chi connectivity index (χ1) is 9.04. The molecule has 5 heteroatoms. The molecule has 1 aromatic rings. The fraction of sp³-hybridized carbons (Fsp3) is 0.571. The van der Waals surface area contributed by atoms with Crippen molar-refractivity contribution < 1.29 is 24.4 Å². The average Bonchev–Trinajstić information content (AvgIpc) is 2.42. The highest BCUT2D eigenvalue weighted by molar-refractivity contribution is 5.55. The first-order valence-electron chi connectivity index (χ1n) is 6.19. The third-order valence-corrected chi connectivity index (χ3v) is 3.05. The number of aliphatic hydroxyl groups is 2. The zero-order valence-electron chi connectivity index (χ0n) is 11.8. The van der Waals surface area contributed by atoms with Crippen molar-refractivity contribution >= 4 is 0 Å². The number of hydrogen-bond acceptors (Lipinski definition) is 5. The van der Waals surface area contributed by atoms with Crippen LogP contribution in [0.4, 0.5) is 0 Å². The highest BCUT2D eigenvalue weighted by atomic mass is 16.5. The number of aryl methyl sites for hydroxylation is 1. The number of ether oxygens (including phenoxy) is 3.